The number of carbonyl (C=O) groups excluding carboxylic acids is 1. The second-order valence-corrected chi connectivity index (χ2v) is 5.19. The van der Waals surface area contributed by atoms with Crippen molar-refractivity contribution in [3.05, 3.63) is 11.6 Å². The predicted octanol–water partition coefficient (Wildman–Crippen LogP) is 0.554. The minimum absolute atomic E-state index is 0.160. The van der Waals surface area contributed by atoms with Gasteiger partial charge in [-0.2, -0.15) is 0 Å². The summed E-state index contributed by atoms with van der Waals surface area (Å²) in [5.74, 6) is 1.48. The lowest BCUT2D eigenvalue weighted by Crippen LogP contribution is -2.41. The molecule has 3 N–H and O–H groups in total. The number of carbonyl (C=O) groups is 1. The van der Waals surface area contributed by atoms with Crippen molar-refractivity contribution in [2.75, 3.05) is 13.1 Å². The summed E-state index contributed by atoms with van der Waals surface area (Å²) in [5.41, 5.74) is 0. The minimum Gasteiger partial charge on any atom is -0.345 e. The zero-order valence-corrected chi connectivity index (χ0v) is 10.4. The second-order valence-electron chi connectivity index (χ2n) is 5.19. The van der Waals surface area contributed by atoms with Crippen molar-refractivity contribution in [3.63, 3.8) is 0 Å². The van der Waals surface area contributed by atoms with Crippen LogP contribution in [0, 0.1) is 0 Å². The van der Waals surface area contributed by atoms with Crippen molar-refractivity contribution < 1.29 is 4.79 Å². The lowest BCUT2D eigenvalue weighted by molar-refractivity contribution is 0.0925. The summed E-state index contributed by atoms with van der Waals surface area (Å²) in [6.07, 6.45) is 5.67. The van der Waals surface area contributed by atoms with Gasteiger partial charge in [-0.1, -0.05) is 6.42 Å². The Morgan fingerprint density at radius 3 is 3.00 bits per heavy atom. The van der Waals surface area contributed by atoms with E-state index in [4.69, 9.17) is 0 Å². The summed E-state index contributed by atoms with van der Waals surface area (Å²) in [7, 11) is 0. The van der Waals surface area contributed by atoms with Gasteiger partial charge in [-0.05, 0) is 32.2 Å². The van der Waals surface area contributed by atoms with Crippen LogP contribution in [-0.2, 0) is 0 Å². The van der Waals surface area contributed by atoms with Crippen LogP contribution in [0.1, 0.15) is 54.5 Å². The van der Waals surface area contributed by atoms with Crippen LogP contribution >= 0.6 is 0 Å². The van der Waals surface area contributed by atoms with E-state index in [1.165, 1.54) is 6.42 Å². The second kappa shape index (κ2) is 5.06. The van der Waals surface area contributed by atoms with Crippen LogP contribution in [0.3, 0.4) is 0 Å². The highest BCUT2D eigenvalue weighted by molar-refractivity contribution is 5.90. The number of hydrogen-bond acceptors (Lipinski definition) is 4. The Hall–Kier alpha value is -1.43. The Morgan fingerprint density at radius 1 is 1.28 bits per heavy atom. The van der Waals surface area contributed by atoms with E-state index in [2.05, 4.69) is 25.8 Å². The smallest absolute Gasteiger partial charge is 0.291 e. The fourth-order valence-corrected chi connectivity index (χ4v) is 2.31. The van der Waals surface area contributed by atoms with Gasteiger partial charge in [0.2, 0.25) is 5.82 Å². The number of aromatic amines is 1. The molecule has 1 amide bonds. The van der Waals surface area contributed by atoms with Gasteiger partial charge in [-0.25, -0.2) is 4.98 Å². The van der Waals surface area contributed by atoms with Crippen LogP contribution in [0.5, 0.6) is 0 Å². The quantitative estimate of drug-likeness (QED) is 0.730. The van der Waals surface area contributed by atoms with Gasteiger partial charge in [0.05, 0.1) is 0 Å². The summed E-state index contributed by atoms with van der Waals surface area (Å²) < 4.78 is 0. The Bertz CT molecular complexity index is 418. The molecule has 3 rings (SSSR count). The van der Waals surface area contributed by atoms with Crippen LogP contribution in [-0.4, -0.2) is 40.2 Å². The fraction of sp³-hybridized carbons (Fsp3) is 0.750. The SMILES string of the molecule is O=C(NC1CCCCNC1)c1n[nH]c(C2CC2)n1. The van der Waals surface area contributed by atoms with E-state index in [1.807, 2.05) is 0 Å². The highest BCUT2D eigenvalue weighted by Gasteiger charge is 2.28. The summed E-state index contributed by atoms with van der Waals surface area (Å²) in [4.78, 5) is 16.3. The number of rotatable bonds is 3. The van der Waals surface area contributed by atoms with Crippen molar-refractivity contribution in [2.24, 2.45) is 0 Å². The van der Waals surface area contributed by atoms with Crippen molar-refractivity contribution in [1.29, 1.82) is 0 Å². The molecule has 2 aliphatic rings. The van der Waals surface area contributed by atoms with Crippen molar-refractivity contribution in [1.82, 2.24) is 25.8 Å². The van der Waals surface area contributed by atoms with Gasteiger partial charge < -0.3 is 10.6 Å². The van der Waals surface area contributed by atoms with Gasteiger partial charge in [0, 0.05) is 18.5 Å². The first-order chi connectivity index (χ1) is 8.83. The molecule has 18 heavy (non-hydrogen) atoms. The van der Waals surface area contributed by atoms with Crippen LogP contribution in [0.4, 0.5) is 0 Å². The molecule has 2 heterocycles. The van der Waals surface area contributed by atoms with E-state index in [0.29, 0.717) is 5.92 Å². The zero-order valence-electron chi connectivity index (χ0n) is 10.4. The summed E-state index contributed by atoms with van der Waals surface area (Å²) >= 11 is 0. The molecule has 0 bridgehead atoms. The maximum atomic E-state index is 12.0. The Balaban J connectivity index is 1.58. The fourth-order valence-electron chi connectivity index (χ4n) is 2.31. The third-order valence-electron chi connectivity index (χ3n) is 3.55. The molecule has 1 aromatic rings. The largest absolute Gasteiger partial charge is 0.345 e. The molecular formula is C12H19N5O. The molecule has 6 nitrogen and oxygen atoms in total. The lowest BCUT2D eigenvalue weighted by atomic mass is 10.1. The van der Waals surface area contributed by atoms with E-state index in [0.717, 1.165) is 44.6 Å². The third kappa shape index (κ3) is 2.69. The van der Waals surface area contributed by atoms with E-state index >= 15 is 0 Å². The molecular weight excluding hydrogens is 230 g/mol. The molecule has 1 atom stereocenters. The van der Waals surface area contributed by atoms with Gasteiger partial charge >= 0.3 is 0 Å². The van der Waals surface area contributed by atoms with Crippen LogP contribution in [0.25, 0.3) is 0 Å². The lowest BCUT2D eigenvalue weighted by Gasteiger charge is -2.14. The molecule has 1 unspecified atom stereocenters. The summed E-state index contributed by atoms with van der Waals surface area (Å²) in [6.45, 7) is 1.88. The van der Waals surface area contributed by atoms with Gasteiger partial charge in [0.15, 0.2) is 0 Å². The van der Waals surface area contributed by atoms with E-state index in [1.54, 1.807) is 0 Å². The molecule has 1 aromatic heterocycles. The van der Waals surface area contributed by atoms with Gasteiger partial charge in [-0.15, -0.1) is 5.10 Å². The van der Waals surface area contributed by atoms with E-state index in [-0.39, 0.29) is 17.8 Å². The number of H-pyrrole nitrogens is 1. The first-order valence-electron chi connectivity index (χ1n) is 6.77. The molecule has 2 fully saturated rings. The van der Waals surface area contributed by atoms with E-state index in [9.17, 15) is 4.79 Å². The normalized spacial score (nSPS) is 24.6. The molecule has 6 heteroatoms. The predicted molar refractivity (Wildman–Crippen MR) is 66.3 cm³/mol. The number of nitrogens with zero attached hydrogens (tertiary/aromatic N) is 2. The Kier molecular flexibility index (Phi) is 3.27. The standard InChI is InChI=1S/C12H19N5O/c18-12(14-9-3-1-2-6-13-7-9)11-15-10(16-17-11)8-4-5-8/h8-9,13H,1-7H2,(H,14,18)(H,15,16,17). The third-order valence-corrected chi connectivity index (χ3v) is 3.55. The topological polar surface area (TPSA) is 82.7 Å². The molecule has 0 spiro atoms. The molecule has 1 aliphatic carbocycles. The van der Waals surface area contributed by atoms with Crippen LogP contribution < -0.4 is 10.6 Å². The number of nitrogens with one attached hydrogen (secondary N) is 3. The Morgan fingerprint density at radius 2 is 2.17 bits per heavy atom. The molecule has 98 valence electrons. The first kappa shape index (κ1) is 11.6. The minimum atomic E-state index is -0.160. The molecule has 0 aromatic carbocycles. The zero-order chi connectivity index (χ0) is 12.4. The number of amides is 1. The van der Waals surface area contributed by atoms with E-state index < -0.39 is 0 Å². The van der Waals surface area contributed by atoms with Gasteiger partial charge in [0.25, 0.3) is 5.91 Å². The van der Waals surface area contributed by atoms with Gasteiger partial charge in [-0.3, -0.25) is 9.89 Å². The monoisotopic (exact) mass is 249 g/mol. The molecule has 1 aliphatic heterocycles. The van der Waals surface area contributed by atoms with Crippen LogP contribution in [0.2, 0.25) is 0 Å². The average Bonchev–Trinajstić information content (AvgIpc) is 3.15. The van der Waals surface area contributed by atoms with Crippen molar-refractivity contribution >= 4 is 5.91 Å². The highest BCUT2D eigenvalue weighted by atomic mass is 16.2. The Labute approximate surface area is 106 Å². The first-order valence-corrected chi connectivity index (χ1v) is 6.77. The highest BCUT2D eigenvalue weighted by Crippen LogP contribution is 2.37. The number of hydrogen-bond donors (Lipinski definition) is 3. The maximum Gasteiger partial charge on any atom is 0.291 e. The molecule has 1 saturated carbocycles. The summed E-state index contributed by atoms with van der Waals surface area (Å²) in [6, 6.07) is 0.197. The van der Waals surface area contributed by atoms with Crippen molar-refractivity contribution in [2.45, 2.75) is 44.1 Å². The number of aromatic nitrogens is 3. The van der Waals surface area contributed by atoms with Gasteiger partial charge in [0.1, 0.15) is 5.82 Å². The molecule has 0 radical (unpaired) electrons. The molecule has 1 saturated heterocycles. The average molecular weight is 249 g/mol. The maximum absolute atomic E-state index is 12.0. The summed E-state index contributed by atoms with van der Waals surface area (Å²) in [5, 5.41) is 13.2. The van der Waals surface area contributed by atoms with Crippen molar-refractivity contribution in [3.8, 4) is 0 Å². The van der Waals surface area contributed by atoms with Crippen LogP contribution in [0.15, 0.2) is 0 Å².